The Hall–Kier alpha value is -2.82. The van der Waals surface area contributed by atoms with Crippen LogP contribution in [-0.4, -0.2) is 24.9 Å². The fraction of sp³-hybridized carbons (Fsp3) is 0. The standard InChI is InChI=1S/C14H10N4O/c19-14-11-2-1-5-15-13(11)8-18(14)10-3-4-12-9(6-10)7-16-17-12/h1-8,19H,(H,16,17). The lowest BCUT2D eigenvalue weighted by Gasteiger charge is -2.04. The molecule has 0 radical (unpaired) electrons. The largest absolute Gasteiger partial charge is 0.494 e. The van der Waals surface area contributed by atoms with Crippen LogP contribution in [0.15, 0.2) is 48.9 Å². The van der Waals surface area contributed by atoms with Crippen LogP contribution in [0.4, 0.5) is 0 Å². The van der Waals surface area contributed by atoms with E-state index < -0.39 is 0 Å². The van der Waals surface area contributed by atoms with E-state index in [2.05, 4.69) is 15.2 Å². The predicted octanol–water partition coefficient (Wildman–Crippen LogP) is 2.61. The summed E-state index contributed by atoms with van der Waals surface area (Å²) >= 11 is 0. The van der Waals surface area contributed by atoms with Crippen molar-refractivity contribution in [2.75, 3.05) is 0 Å². The van der Waals surface area contributed by atoms with Gasteiger partial charge >= 0.3 is 0 Å². The van der Waals surface area contributed by atoms with Gasteiger partial charge in [-0.15, -0.1) is 0 Å². The lowest BCUT2D eigenvalue weighted by atomic mass is 10.2. The molecule has 0 aliphatic carbocycles. The zero-order chi connectivity index (χ0) is 12.8. The van der Waals surface area contributed by atoms with Crippen molar-refractivity contribution in [3.8, 4) is 11.6 Å². The number of aromatic nitrogens is 4. The van der Waals surface area contributed by atoms with Gasteiger partial charge in [0.1, 0.15) is 0 Å². The van der Waals surface area contributed by atoms with E-state index in [1.807, 2.05) is 36.5 Å². The maximum Gasteiger partial charge on any atom is 0.205 e. The third-order valence-corrected chi connectivity index (χ3v) is 3.26. The van der Waals surface area contributed by atoms with Crippen LogP contribution in [0.1, 0.15) is 0 Å². The van der Waals surface area contributed by atoms with Crippen LogP contribution in [0.25, 0.3) is 27.5 Å². The fourth-order valence-electron chi connectivity index (χ4n) is 2.30. The summed E-state index contributed by atoms with van der Waals surface area (Å²) in [4.78, 5) is 4.24. The van der Waals surface area contributed by atoms with Crippen molar-refractivity contribution in [3.05, 3.63) is 48.9 Å². The number of aromatic amines is 1. The van der Waals surface area contributed by atoms with Gasteiger partial charge < -0.3 is 5.11 Å². The molecule has 0 saturated heterocycles. The molecule has 4 rings (SSSR count). The monoisotopic (exact) mass is 250 g/mol. The number of fused-ring (bicyclic) bond motifs is 2. The summed E-state index contributed by atoms with van der Waals surface area (Å²) in [7, 11) is 0. The number of nitrogens with one attached hydrogen (secondary N) is 1. The van der Waals surface area contributed by atoms with Crippen LogP contribution < -0.4 is 0 Å². The number of benzene rings is 1. The number of aromatic hydroxyl groups is 1. The van der Waals surface area contributed by atoms with E-state index in [1.165, 1.54) is 0 Å². The SMILES string of the molecule is Oc1c2cccnc2cn1-c1ccc2[nH]ncc2c1. The molecule has 5 heteroatoms. The van der Waals surface area contributed by atoms with E-state index in [-0.39, 0.29) is 5.88 Å². The van der Waals surface area contributed by atoms with Gasteiger partial charge in [-0.2, -0.15) is 5.10 Å². The van der Waals surface area contributed by atoms with Gasteiger partial charge in [0, 0.05) is 23.5 Å². The third-order valence-electron chi connectivity index (χ3n) is 3.26. The predicted molar refractivity (Wildman–Crippen MR) is 72.4 cm³/mol. The molecule has 4 aromatic rings. The number of hydrogen-bond acceptors (Lipinski definition) is 3. The maximum absolute atomic E-state index is 10.3. The first kappa shape index (κ1) is 10.1. The molecule has 3 heterocycles. The van der Waals surface area contributed by atoms with E-state index in [9.17, 15) is 5.11 Å². The zero-order valence-corrected chi connectivity index (χ0v) is 9.91. The second-order valence-corrected chi connectivity index (χ2v) is 4.40. The van der Waals surface area contributed by atoms with E-state index in [0.717, 1.165) is 27.5 Å². The molecule has 19 heavy (non-hydrogen) atoms. The molecule has 3 aromatic heterocycles. The van der Waals surface area contributed by atoms with E-state index in [1.54, 1.807) is 17.0 Å². The second kappa shape index (κ2) is 3.58. The van der Waals surface area contributed by atoms with Crippen LogP contribution in [0.5, 0.6) is 5.88 Å². The molecule has 0 fully saturated rings. The average molecular weight is 250 g/mol. The number of pyridine rings is 1. The first-order valence-corrected chi connectivity index (χ1v) is 5.91. The highest BCUT2D eigenvalue weighted by Gasteiger charge is 2.10. The average Bonchev–Trinajstić information content (AvgIpc) is 3.03. The van der Waals surface area contributed by atoms with Crippen LogP contribution in [0, 0.1) is 0 Å². The van der Waals surface area contributed by atoms with Crippen LogP contribution in [0.3, 0.4) is 0 Å². The molecule has 92 valence electrons. The van der Waals surface area contributed by atoms with Crippen molar-refractivity contribution in [2.24, 2.45) is 0 Å². The van der Waals surface area contributed by atoms with Gasteiger partial charge in [0.15, 0.2) is 0 Å². The Morgan fingerprint density at radius 1 is 1.21 bits per heavy atom. The lowest BCUT2D eigenvalue weighted by molar-refractivity contribution is 0.448. The molecule has 5 nitrogen and oxygen atoms in total. The Kier molecular flexibility index (Phi) is 1.91. The van der Waals surface area contributed by atoms with Gasteiger partial charge in [0.2, 0.25) is 5.88 Å². The summed E-state index contributed by atoms with van der Waals surface area (Å²) in [6, 6.07) is 9.50. The molecule has 0 saturated carbocycles. The highest BCUT2D eigenvalue weighted by Crippen LogP contribution is 2.29. The second-order valence-electron chi connectivity index (χ2n) is 4.40. The summed E-state index contributed by atoms with van der Waals surface area (Å²) < 4.78 is 1.73. The molecule has 0 atom stereocenters. The fourth-order valence-corrected chi connectivity index (χ4v) is 2.30. The summed E-state index contributed by atoms with van der Waals surface area (Å²) in [5, 5.41) is 18.9. The van der Waals surface area contributed by atoms with E-state index >= 15 is 0 Å². The van der Waals surface area contributed by atoms with Gasteiger partial charge in [0.05, 0.1) is 22.6 Å². The summed E-state index contributed by atoms with van der Waals surface area (Å²) in [6.07, 6.45) is 5.30. The minimum absolute atomic E-state index is 0.200. The quantitative estimate of drug-likeness (QED) is 0.545. The summed E-state index contributed by atoms with van der Waals surface area (Å²) in [5.41, 5.74) is 2.62. The Balaban J connectivity index is 2.00. The van der Waals surface area contributed by atoms with Crippen LogP contribution in [-0.2, 0) is 0 Å². The number of H-pyrrole nitrogens is 1. The first-order valence-electron chi connectivity index (χ1n) is 5.91. The highest BCUT2D eigenvalue weighted by atomic mass is 16.3. The van der Waals surface area contributed by atoms with Crippen molar-refractivity contribution in [1.82, 2.24) is 19.7 Å². The molecule has 0 unspecified atom stereocenters. The van der Waals surface area contributed by atoms with E-state index in [4.69, 9.17) is 0 Å². The zero-order valence-electron chi connectivity index (χ0n) is 9.91. The van der Waals surface area contributed by atoms with Gasteiger partial charge in [-0.25, -0.2) is 0 Å². The van der Waals surface area contributed by atoms with Gasteiger partial charge in [0.25, 0.3) is 0 Å². The van der Waals surface area contributed by atoms with Crippen molar-refractivity contribution in [2.45, 2.75) is 0 Å². The minimum Gasteiger partial charge on any atom is -0.494 e. The van der Waals surface area contributed by atoms with Crippen molar-refractivity contribution < 1.29 is 5.11 Å². The number of rotatable bonds is 1. The molecule has 0 aliphatic rings. The molecular formula is C14H10N4O. The van der Waals surface area contributed by atoms with Crippen molar-refractivity contribution in [1.29, 1.82) is 0 Å². The highest BCUT2D eigenvalue weighted by molar-refractivity contribution is 5.86. The third kappa shape index (κ3) is 1.41. The molecule has 0 aliphatic heterocycles. The lowest BCUT2D eigenvalue weighted by Crippen LogP contribution is -1.90. The molecule has 2 N–H and O–H groups in total. The molecule has 0 amide bonds. The molecule has 1 aromatic carbocycles. The normalized spacial score (nSPS) is 11.4. The summed E-state index contributed by atoms with van der Waals surface area (Å²) in [6.45, 7) is 0. The number of nitrogens with zero attached hydrogens (tertiary/aromatic N) is 3. The van der Waals surface area contributed by atoms with E-state index in [0.29, 0.717) is 0 Å². The molecular weight excluding hydrogens is 240 g/mol. The van der Waals surface area contributed by atoms with Crippen molar-refractivity contribution in [3.63, 3.8) is 0 Å². The van der Waals surface area contributed by atoms with Gasteiger partial charge in [-0.3, -0.25) is 14.6 Å². The van der Waals surface area contributed by atoms with Gasteiger partial charge in [-0.1, -0.05) is 0 Å². The topological polar surface area (TPSA) is 66.7 Å². The first-order chi connectivity index (χ1) is 9.33. The minimum atomic E-state index is 0.200. The molecule has 0 bridgehead atoms. The Labute approximate surface area is 108 Å². The smallest absolute Gasteiger partial charge is 0.205 e. The Bertz CT molecular complexity index is 891. The Morgan fingerprint density at radius 2 is 2.16 bits per heavy atom. The van der Waals surface area contributed by atoms with Gasteiger partial charge in [-0.05, 0) is 30.3 Å². The number of hydrogen-bond donors (Lipinski definition) is 2. The van der Waals surface area contributed by atoms with Crippen molar-refractivity contribution >= 4 is 21.8 Å². The van der Waals surface area contributed by atoms with Crippen LogP contribution >= 0.6 is 0 Å². The Morgan fingerprint density at radius 3 is 3.05 bits per heavy atom. The molecule has 0 spiro atoms. The maximum atomic E-state index is 10.3. The van der Waals surface area contributed by atoms with Crippen LogP contribution in [0.2, 0.25) is 0 Å². The summed E-state index contributed by atoms with van der Waals surface area (Å²) in [5.74, 6) is 0.200.